The first-order valence-electron chi connectivity index (χ1n) is 11.6. The van der Waals surface area contributed by atoms with Crippen molar-refractivity contribution < 1.29 is 13.9 Å². The fourth-order valence-corrected chi connectivity index (χ4v) is 5.33. The number of hydrogen-bond donors (Lipinski definition) is 1. The Labute approximate surface area is 196 Å². The summed E-state index contributed by atoms with van der Waals surface area (Å²) < 4.78 is 20.3. The summed E-state index contributed by atoms with van der Waals surface area (Å²) in [5.74, 6) is -0.0153. The molecule has 10 heteroatoms. The Kier molecular flexibility index (Phi) is 6.84. The van der Waals surface area contributed by atoms with Crippen LogP contribution in [0.15, 0.2) is 30.5 Å². The summed E-state index contributed by atoms with van der Waals surface area (Å²) in [6.07, 6.45) is 4.51. The van der Waals surface area contributed by atoms with Crippen molar-refractivity contribution in [1.82, 2.24) is 24.8 Å². The van der Waals surface area contributed by atoms with E-state index in [4.69, 9.17) is 4.74 Å². The molecule has 2 aliphatic rings. The van der Waals surface area contributed by atoms with Crippen molar-refractivity contribution in [1.29, 1.82) is 0 Å². The van der Waals surface area contributed by atoms with Gasteiger partial charge in [-0.25, -0.2) is 13.9 Å². The van der Waals surface area contributed by atoms with Crippen LogP contribution >= 0.6 is 11.3 Å². The molecule has 0 spiro atoms. The average Bonchev–Trinajstić information content (AvgIpc) is 3.43. The van der Waals surface area contributed by atoms with Crippen LogP contribution in [0.25, 0.3) is 16.2 Å². The second kappa shape index (κ2) is 10.1. The number of benzene rings is 1. The molecule has 0 unspecified atom stereocenters. The molecule has 1 aromatic carbocycles. The summed E-state index contributed by atoms with van der Waals surface area (Å²) in [5.41, 5.74) is 1.65. The average molecular weight is 473 g/mol. The minimum Gasteiger partial charge on any atom is -0.379 e. The standard InChI is InChI=1S/C23H29FN6O2S/c24-19-4-2-17(3-5-19)20-16-30-22(26-20)33-23(27-30)29-10-6-18(7-11-29)21(31)25-8-1-9-28-12-14-32-15-13-28/h2-5,16,18H,1,6-15H2,(H,25,31). The monoisotopic (exact) mass is 472 g/mol. The summed E-state index contributed by atoms with van der Waals surface area (Å²) in [7, 11) is 0. The fourth-order valence-electron chi connectivity index (χ4n) is 4.39. The van der Waals surface area contributed by atoms with E-state index >= 15 is 0 Å². The van der Waals surface area contributed by atoms with Gasteiger partial charge in [0, 0.05) is 44.2 Å². The van der Waals surface area contributed by atoms with Crippen LogP contribution in [0.4, 0.5) is 9.52 Å². The topological polar surface area (TPSA) is 75.0 Å². The SMILES string of the molecule is O=C(NCCCN1CCOCC1)C1CCN(c2nn3cc(-c4ccc(F)cc4)nc3s2)CC1. The molecular formula is C23H29FN6O2S. The van der Waals surface area contributed by atoms with Gasteiger partial charge < -0.3 is 15.0 Å². The maximum absolute atomic E-state index is 13.2. The van der Waals surface area contributed by atoms with Crippen LogP contribution in [-0.2, 0) is 9.53 Å². The molecule has 4 heterocycles. The first-order chi connectivity index (χ1) is 16.2. The van der Waals surface area contributed by atoms with Gasteiger partial charge in [0.05, 0.1) is 25.1 Å². The predicted octanol–water partition coefficient (Wildman–Crippen LogP) is 2.65. The first-order valence-corrected chi connectivity index (χ1v) is 12.4. The van der Waals surface area contributed by atoms with E-state index in [1.807, 2.05) is 6.20 Å². The van der Waals surface area contributed by atoms with Crippen molar-refractivity contribution >= 4 is 27.3 Å². The van der Waals surface area contributed by atoms with Crippen LogP contribution in [0.1, 0.15) is 19.3 Å². The molecule has 176 valence electrons. The number of halogens is 1. The van der Waals surface area contributed by atoms with Gasteiger partial charge in [-0.15, -0.1) is 5.10 Å². The molecule has 2 fully saturated rings. The molecule has 0 bridgehead atoms. The van der Waals surface area contributed by atoms with E-state index in [1.165, 1.54) is 12.1 Å². The number of nitrogens with one attached hydrogen (secondary N) is 1. The van der Waals surface area contributed by atoms with Crippen LogP contribution in [0.2, 0.25) is 0 Å². The zero-order valence-corrected chi connectivity index (χ0v) is 19.4. The summed E-state index contributed by atoms with van der Waals surface area (Å²) in [5, 5.41) is 8.73. The number of morpholine rings is 1. The lowest BCUT2D eigenvalue weighted by Gasteiger charge is -2.31. The van der Waals surface area contributed by atoms with Gasteiger partial charge in [-0.2, -0.15) is 0 Å². The predicted molar refractivity (Wildman–Crippen MR) is 126 cm³/mol. The number of aromatic nitrogens is 3. The smallest absolute Gasteiger partial charge is 0.223 e. The van der Waals surface area contributed by atoms with Crippen molar-refractivity contribution in [2.45, 2.75) is 19.3 Å². The van der Waals surface area contributed by atoms with E-state index in [9.17, 15) is 9.18 Å². The lowest BCUT2D eigenvalue weighted by molar-refractivity contribution is -0.125. The van der Waals surface area contributed by atoms with Gasteiger partial charge in [-0.05, 0) is 50.1 Å². The zero-order chi connectivity index (χ0) is 22.6. The van der Waals surface area contributed by atoms with Gasteiger partial charge in [-0.3, -0.25) is 9.69 Å². The molecular weight excluding hydrogens is 443 g/mol. The molecule has 2 aliphatic heterocycles. The van der Waals surface area contributed by atoms with Crippen LogP contribution in [0, 0.1) is 11.7 Å². The minimum absolute atomic E-state index is 0.0683. The molecule has 8 nitrogen and oxygen atoms in total. The molecule has 2 saturated heterocycles. The van der Waals surface area contributed by atoms with Gasteiger partial charge in [-0.1, -0.05) is 11.3 Å². The second-order valence-electron chi connectivity index (χ2n) is 8.60. The number of carbonyl (C=O) groups excluding carboxylic acids is 1. The third kappa shape index (κ3) is 5.34. The zero-order valence-electron chi connectivity index (χ0n) is 18.6. The van der Waals surface area contributed by atoms with Gasteiger partial charge in [0.1, 0.15) is 5.82 Å². The molecule has 0 saturated carbocycles. The van der Waals surface area contributed by atoms with Crippen molar-refractivity contribution in [3.8, 4) is 11.3 Å². The second-order valence-corrected chi connectivity index (χ2v) is 9.54. The summed E-state index contributed by atoms with van der Waals surface area (Å²) in [4.78, 5) is 22.6. The van der Waals surface area contributed by atoms with Crippen molar-refractivity contribution in [2.24, 2.45) is 5.92 Å². The molecule has 3 aromatic rings. The number of imidazole rings is 1. The Bertz CT molecular complexity index is 1040. The Morgan fingerprint density at radius 3 is 2.64 bits per heavy atom. The molecule has 0 aliphatic carbocycles. The molecule has 5 rings (SSSR count). The molecule has 33 heavy (non-hydrogen) atoms. The number of amides is 1. The third-order valence-corrected chi connectivity index (χ3v) is 7.35. The molecule has 0 atom stereocenters. The summed E-state index contributed by atoms with van der Waals surface area (Å²) in [6.45, 7) is 6.97. The van der Waals surface area contributed by atoms with Crippen LogP contribution in [0.3, 0.4) is 0 Å². The molecule has 2 aromatic heterocycles. The molecule has 1 amide bonds. The number of fused-ring (bicyclic) bond motifs is 1. The van der Waals surface area contributed by atoms with Crippen molar-refractivity contribution in [3.63, 3.8) is 0 Å². The van der Waals surface area contributed by atoms with Gasteiger partial charge in [0.15, 0.2) is 0 Å². The van der Waals surface area contributed by atoms with Crippen LogP contribution in [-0.4, -0.2) is 77.9 Å². The molecule has 1 N–H and O–H groups in total. The first kappa shape index (κ1) is 22.2. The molecule has 0 radical (unpaired) electrons. The highest BCUT2D eigenvalue weighted by atomic mass is 32.1. The number of nitrogens with zero attached hydrogens (tertiary/aromatic N) is 5. The number of ether oxygens (including phenoxy) is 1. The number of rotatable bonds is 7. The van der Waals surface area contributed by atoms with E-state index in [-0.39, 0.29) is 17.6 Å². The number of carbonyl (C=O) groups is 1. The highest BCUT2D eigenvalue weighted by molar-refractivity contribution is 7.20. The van der Waals surface area contributed by atoms with Gasteiger partial charge in [0.25, 0.3) is 0 Å². The normalized spacial score (nSPS) is 18.2. The lowest BCUT2D eigenvalue weighted by atomic mass is 9.96. The van der Waals surface area contributed by atoms with Gasteiger partial charge in [0.2, 0.25) is 16.0 Å². The third-order valence-electron chi connectivity index (χ3n) is 6.36. The van der Waals surface area contributed by atoms with E-state index in [0.717, 1.165) is 93.1 Å². The van der Waals surface area contributed by atoms with Crippen molar-refractivity contribution in [3.05, 3.63) is 36.3 Å². The van der Waals surface area contributed by atoms with Crippen LogP contribution in [0.5, 0.6) is 0 Å². The Hall–Kier alpha value is -2.56. The van der Waals surface area contributed by atoms with E-state index in [0.29, 0.717) is 0 Å². The number of hydrogen-bond acceptors (Lipinski definition) is 7. The largest absolute Gasteiger partial charge is 0.379 e. The number of anilines is 1. The Morgan fingerprint density at radius 1 is 1.15 bits per heavy atom. The summed E-state index contributed by atoms with van der Waals surface area (Å²) >= 11 is 1.54. The number of piperidine rings is 1. The van der Waals surface area contributed by atoms with Crippen LogP contribution < -0.4 is 10.2 Å². The maximum Gasteiger partial charge on any atom is 0.223 e. The Morgan fingerprint density at radius 2 is 1.91 bits per heavy atom. The minimum atomic E-state index is -0.259. The Balaban J connectivity index is 1.09. The van der Waals surface area contributed by atoms with E-state index < -0.39 is 0 Å². The lowest BCUT2D eigenvalue weighted by Crippen LogP contribution is -2.42. The van der Waals surface area contributed by atoms with Gasteiger partial charge >= 0.3 is 0 Å². The fraction of sp³-hybridized carbons (Fsp3) is 0.522. The maximum atomic E-state index is 13.2. The van der Waals surface area contributed by atoms with E-state index in [1.54, 1.807) is 28.0 Å². The van der Waals surface area contributed by atoms with Crippen molar-refractivity contribution in [2.75, 3.05) is 57.4 Å². The van der Waals surface area contributed by atoms with E-state index in [2.05, 4.69) is 25.2 Å². The highest BCUT2D eigenvalue weighted by Crippen LogP contribution is 2.29. The highest BCUT2D eigenvalue weighted by Gasteiger charge is 2.26. The summed E-state index contributed by atoms with van der Waals surface area (Å²) in [6, 6.07) is 6.32. The quantitative estimate of drug-likeness (QED) is 0.533.